The molecule has 0 radical (unpaired) electrons. The van der Waals surface area contributed by atoms with Gasteiger partial charge < -0.3 is 15.0 Å². The molecule has 0 aliphatic heterocycles. The molecule has 0 spiro atoms. The van der Waals surface area contributed by atoms with E-state index >= 15 is 0 Å². The van der Waals surface area contributed by atoms with Gasteiger partial charge in [0.05, 0.1) is 23.1 Å². The van der Waals surface area contributed by atoms with Gasteiger partial charge in [-0.2, -0.15) is 5.26 Å². The quantitative estimate of drug-likeness (QED) is 0.393. The lowest BCUT2D eigenvalue weighted by molar-refractivity contribution is -0.136. The Morgan fingerprint density at radius 2 is 1.70 bits per heavy atom. The van der Waals surface area contributed by atoms with E-state index in [-0.39, 0.29) is 30.0 Å². The van der Waals surface area contributed by atoms with E-state index in [1.165, 1.54) is 31.3 Å². The summed E-state index contributed by atoms with van der Waals surface area (Å²) in [5, 5.41) is 11.2. The van der Waals surface area contributed by atoms with Crippen LogP contribution in [0.3, 0.4) is 0 Å². The predicted octanol–water partition coefficient (Wildman–Crippen LogP) is 1.44. The van der Waals surface area contributed by atoms with Crippen molar-refractivity contribution in [2.75, 3.05) is 32.1 Å². The number of nitrogens with one attached hydrogen (secondary N) is 2. The Morgan fingerprint density at radius 1 is 1.06 bits per heavy atom. The summed E-state index contributed by atoms with van der Waals surface area (Å²) in [7, 11) is -2.39. The van der Waals surface area contributed by atoms with Gasteiger partial charge in [-0.3, -0.25) is 9.59 Å². The molecule has 2 aromatic rings. The third-order valence-electron chi connectivity index (χ3n) is 4.40. The van der Waals surface area contributed by atoms with Gasteiger partial charge in [0, 0.05) is 25.7 Å². The summed E-state index contributed by atoms with van der Waals surface area (Å²) >= 11 is 0. The summed E-state index contributed by atoms with van der Waals surface area (Å²) in [6.45, 7) is 1.09. The predicted molar refractivity (Wildman–Crippen MR) is 120 cm³/mol. The number of nitrogens with zero attached hydrogens (tertiary/aromatic N) is 2. The van der Waals surface area contributed by atoms with Crippen LogP contribution in [0.25, 0.3) is 0 Å². The first kappa shape index (κ1) is 25.5. The van der Waals surface area contributed by atoms with E-state index in [0.717, 1.165) is 10.5 Å². The van der Waals surface area contributed by atoms with Crippen LogP contribution in [0.2, 0.25) is 0 Å². The largest absolute Gasteiger partial charge is 0.452 e. The number of amides is 2. The van der Waals surface area contributed by atoms with Crippen LogP contribution in [0.4, 0.5) is 5.69 Å². The summed E-state index contributed by atoms with van der Waals surface area (Å²) in [5.74, 6) is -1.80. The smallest absolute Gasteiger partial charge is 0.338 e. The molecule has 2 rings (SSSR count). The van der Waals surface area contributed by atoms with Gasteiger partial charge in [-0.1, -0.05) is 17.7 Å². The molecule has 2 N–H and O–H groups in total. The van der Waals surface area contributed by atoms with Crippen LogP contribution < -0.4 is 10.0 Å². The highest BCUT2D eigenvalue weighted by molar-refractivity contribution is 7.89. The average Bonchev–Trinajstić information content (AvgIpc) is 2.78. The van der Waals surface area contributed by atoms with Crippen molar-refractivity contribution in [1.82, 2.24) is 9.62 Å². The van der Waals surface area contributed by atoms with Crippen LogP contribution in [0.1, 0.15) is 22.3 Å². The number of anilines is 1. The summed E-state index contributed by atoms with van der Waals surface area (Å²) < 4.78 is 31.4. The van der Waals surface area contributed by atoms with Gasteiger partial charge in [0.1, 0.15) is 0 Å². The Labute approximate surface area is 192 Å². The van der Waals surface area contributed by atoms with Gasteiger partial charge in [0.2, 0.25) is 15.9 Å². The van der Waals surface area contributed by atoms with E-state index in [0.29, 0.717) is 5.69 Å². The van der Waals surface area contributed by atoms with E-state index in [4.69, 9.17) is 10.00 Å². The van der Waals surface area contributed by atoms with E-state index in [9.17, 15) is 22.8 Å². The van der Waals surface area contributed by atoms with Crippen LogP contribution in [-0.4, -0.2) is 57.8 Å². The molecule has 0 fully saturated rings. The van der Waals surface area contributed by atoms with Crippen molar-refractivity contribution in [1.29, 1.82) is 5.26 Å². The molecular formula is C22H24N4O6S. The molecule has 174 valence electrons. The molecule has 33 heavy (non-hydrogen) atoms. The fraction of sp³-hybridized carbons (Fsp3) is 0.273. The second kappa shape index (κ2) is 11.8. The first-order chi connectivity index (χ1) is 15.6. The molecule has 0 saturated heterocycles. The van der Waals surface area contributed by atoms with E-state index in [1.807, 2.05) is 25.1 Å². The first-order valence-corrected chi connectivity index (χ1v) is 11.3. The van der Waals surface area contributed by atoms with Crippen molar-refractivity contribution < 1.29 is 27.5 Å². The minimum absolute atomic E-state index is 0.0265. The Hall–Kier alpha value is -3.75. The molecule has 0 aliphatic rings. The Bertz CT molecular complexity index is 1140. The number of likely N-dealkylation sites (N-methyl/N-ethyl adjacent to an activating group) is 1. The molecule has 0 unspecified atom stereocenters. The second-order valence-electron chi connectivity index (χ2n) is 7.07. The highest BCUT2D eigenvalue weighted by Gasteiger charge is 2.18. The lowest BCUT2D eigenvalue weighted by Crippen LogP contribution is -2.37. The number of carbonyl (C=O) groups excluding carboxylic acids is 3. The summed E-state index contributed by atoms with van der Waals surface area (Å²) in [5.41, 5.74) is 1.70. The number of benzene rings is 2. The van der Waals surface area contributed by atoms with Gasteiger partial charge in [0.25, 0.3) is 5.91 Å². The minimum Gasteiger partial charge on any atom is -0.452 e. The van der Waals surface area contributed by atoms with Crippen molar-refractivity contribution in [3.05, 3.63) is 59.7 Å². The van der Waals surface area contributed by atoms with Crippen LogP contribution in [0.5, 0.6) is 0 Å². The highest BCUT2D eigenvalue weighted by Crippen LogP contribution is 2.12. The zero-order valence-electron chi connectivity index (χ0n) is 18.2. The summed E-state index contributed by atoms with van der Waals surface area (Å²) in [6.07, 6.45) is 0.0275. The van der Waals surface area contributed by atoms with Gasteiger partial charge in [0.15, 0.2) is 6.61 Å². The van der Waals surface area contributed by atoms with E-state index < -0.39 is 34.4 Å². The standard InChI is InChI=1S/C22H24N4O6S/c1-16-4-8-18(9-5-16)25-20(27)14-26(2)21(28)15-32-22(29)17-6-10-19(11-7-17)33(30,31)24-13-3-12-23/h4-11,24H,3,13-15H2,1-2H3,(H,25,27). The Morgan fingerprint density at radius 3 is 2.30 bits per heavy atom. The number of esters is 1. The van der Waals surface area contributed by atoms with E-state index in [2.05, 4.69) is 10.0 Å². The molecule has 0 heterocycles. The molecule has 0 aliphatic carbocycles. The van der Waals surface area contributed by atoms with E-state index in [1.54, 1.807) is 12.1 Å². The van der Waals surface area contributed by atoms with Crippen LogP contribution in [0.15, 0.2) is 53.4 Å². The number of nitriles is 1. The number of carbonyl (C=O) groups is 3. The number of rotatable bonds is 10. The zero-order valence-corrected chi connectivity index (χ0v) is 19.0. The van der Waals surface area contributed by atoms with Gasteiger partial charge in [-0.25, -0.2) is 17.9 Å². The normalized spacial score (nSPS) is 10.7. The van der Waals surface area contributed by atoms with Crippen molar-refractivity contribution in [3.8, 4) is 6.07 Å². The third-order valence-corrected chi connectivity index (χ3v) is 5.87. The zero-order chi connectivity index (χ0) is 24.4. The maximum Gasteiger partial charge on any atom is 0.338 e. The molecule has 10 nitrogen and oxygen atoms in total. The molecule has 2 amide bonds. The lowest BCUT2D eigenvalue weighted by atomic mass is 10.2. The molecule has 0 bridgehead atoms. The number of sulfonamides is 1. The maximum atomic E-state index is 12.2. The van der Waals surface area contributed by atoms with Crippen molar-refractivity contribution in [2.24, 2.45) is 0 Å². The maximum absolute atomic E-state index is 12.2. The lowest BCUT2D eigenvalue weighted by Gasteiger charge is -2.17. The van der Waals surface area contributed by atoms with Crippen LogP contribution in [-0.2, 0) is 24.3 Å². The first-order valence-electron chi connectivity index (χ1n) is 9.86. The van der Waals surface area contributed by atoms with Crippen LogP contribution in [0, 0.1) is 18.3 Å². The van der Waals surface area contributed by atoms with Crippen molar-refractivity contribution >= 4 is 33.5 Å². The van der Waals surface area contributed by atoms with Gasteiger partial charge in [-0.05, 0) is 43.3 Å². The molecule has 0 atom stereocenters. The fourth-order valence-electron chi connectivity index (χ4n) is 2.56. The van der Waals surface area contributed by atoms with Gasteiger partial charge >= 0.3 is 5.97 Å². The molecular weight excluding hydrogens is 448 g/mol. The number of hydrogen-bond donors (Lipinski definition) is 2. The van der Waals surface area contributed by atoms with Crippen LogP contribution >= 0.6 is 0 Å². The molecule has 11 heteroatoms. The van der Waals surface area contributed by atoms with Crippen molar-refractivity contribution in [3.63, 3.8) is 0 Å². The highest BCUT2D eigenvalue weighted by atomic mass is 32.2. The topological polar surface area (TPSA) is 146 Å². The van der Waals surface area contributed by atoms with Crippen molar-refractivity contribution in [2.45, 2.75) is 18.2 Å². The average molecular weight is 473 g/mol. The monoisotopic (exact) mass is 472 g/mol. The third kappa shape index (κ3) is 8.03. The molecule has 0 saturated carbocycles. The number of hydrogen-bond acceptors (Lipinski definition) is 7. The second-order valence-corrected chi connectivity index (χ2v) is 8.84. The molecule has 2 aromatic carbocycles. The Balaban J connectivity index is 1.84. The van der Waals surface area contributed by atoms with Gasteiger partial charge in [-0.15, -0.1) is 0 Å². The summed E-state index contributed by atoms with van der Waals surface area (Å²) in [4.78, 5) is 37.5. The fourth-order valence-corrected chi connectivity index (χ4v) is 3.59. The SMILES string of the molecule is Cc1ccc(NC(=O)CN(C)C(=O)COC(=O)c2ccc(S(=O)(=O)NCCC#N)cc2)cc1. The molecule has 0 aromatic heterocycles. The Kier molecular flexibility index (Phi) is 9.08. The number of ether oxygens (including phenoxy) is 1. The number of aryl methyl sites for hydroxylation is 1. The minimum atomic E-state index is -3.80. The summed E-state index contributed by atoms with van der Waals surface area (Å²) in [6, 6.07) is 14.0.